The normalized spacial score (nSPS) is 19.2. The number of benzene rings is 1. The predicted octanol–water partition coefficient (Wildman–Crippen LogP) is 2.33. The minimum Gasteiger partial charge on any atom is -0.459 e. The maximum Gasteiger partial charge on any atom is 0.326 e. The Balaban J connectivity index is 2.15. The smallest absolute Gasteiger partial charge is 0.326 e. The SMILES string of the molecule is CC1CN(CC(=O)OC(C)(C)C)c2ccccc2CN1. The van der Waals surface area contributed by atoms with Gasteiger partial charge in [0.25, 0.3) is 0 Å². The van der Waals surface area contributed by atoms with E-state index in [1.54, 1.807) is 0 Å². The van der Waals surface area contributed by atoms with Crippen LogP contribution in [0.3, 0.4) is 0 Å². The van der Waals surface area contributed by atoms with Crippen molar-refractivity contribution in [1.82, 2.24) is 5.32 Å². The van der Waals surface area contributed by atoms with Gasteiger partial charge in [-0.1, -0.05) is 18.2 Å². The minimum atomic E-state index is -0.438. The second kappa shape index (κ2) is 5.83. The molecule has 0 bridgehead atoms. The van der Waals surface area contributed by atoms with Gasteiger partial charge in [0.1, 0.15) is 12.1 Å². The van der Waals surface area contributed by atoms with E-state index in [1.807, 2.05) is 32.9 Å². The van der Waals surface area contributed by atoms with Gasteiger partial charge in [-0.25, -0.2) is 0 Å². The van der Waals surface area contributed by atoms with Crippen molar-refractivity contribution in [2.45, 2.75) is 45.9 Å². The summed E-state index contributed by atoms with van der Waals surface area (Å²) in [5.74, 6) is -0.179. The zero-order chi connectivity index (χ0) is 14.8. The Morgan fingerprint density at radius 2 is 2.10 bits per heavy atom. The number of ether oxygens (including phenoxy) is 1. The van der Waals surface area contributed by atoms with Crippen molar-refractivity contribution in [2.24, 2.45) is 0 Å². The molecule has 1 N–H and O–H groups in total. The maximum absolute atomic E-state index is 12.1. The molecule has 1 atom stereocenters. The molecule has 1 aromatic rings. The number of para-hydroxylation sites is 1. The molecular formula is C16H24N2O2. The lowest BCUT2D eigenvalue weighted by atomic mass is 10.1. The molecule has 0 saturated heterocycles. The molecule has 0 amide bonds. The number of nitrogens with zero attached hydrogens (tertiary/aromatic N) is 1. The van der Waals surface area contributed by atoms with Gasteiger partial charge >= 0.3 is 5.97 Å². The van der Waals surface area contributed by atoms with Gasteiger partial charge in [0, 0.05) is 24.8 Å². The molecule has 4 heteroatoms. The lowest BCUT2D eigenvalue weighted by Crippen LogP contribution is -2.40. The monoisotopic (exact) mass is 276 g/mol. The summed E-state index contributed by atoms with van der Waals surface area (Å²) in [5, 5.41) is 3.46. The number of esters is 1. The average Bonchev–Trinajstić information content (AvgIpc) is 2.47. The number of hydrogen-bond acceptors (Lipinski definition) is 4. The number of fused-ring (bicyclic) bond motifs is 1. The summed E-state index contributed by atoms with van der Waals surface area (Å²) < 4.78 is 5.43. The first-order valence-electron chi connectivity index (χ1n) is 7.13. The summed E-state index contributed by atoms with van der Waals surface area (Å²) in [6, 6.07) is 8.55. The van der Waals surface area contributed by atoms with Gasteiger partial charge in [-0.15, -0.1) is 0 Å². The van der Waals surface area contributed by atoms with Gasteiger partial charge < -0.3 is 15.0 Å². The Morgan fingerprint density at radius 1 is 1.40 bits per heavy atom. The summed E-state index contributed by atoms with van der Waals surface area (Å²) >= 11 is 0. The van der Waals surface area contributed by atoms with E-state index in [-0.39, 0.29) is 5.97 Å². The number of hydrogen-bond donors (Lipinski definition) is 1. The molecule has 0 aliphatic carbocycles. The van der Waals surface area contributed by atoms with Crippen molar-refractivity contribution >= 4 is 11.7 Å². The molecule has 0 spiro atoms. The highest BCUT2D eigenvalue weighted by molar-refractivity contribution is 5.77. The molecule has 1 heterocycles. The van der Waals surface area contributed by atoms with E-state index < -0.39 is 5.60 Å². The number of carbonyl (C=O) groups excluding carboxylic acids is 1. The van der Waals surface area contributed by atoms with Crippen LogP contribution in [0.1, 0.15) is 33.3 Å². The molecule has 4 nitrogen and oxygen atoms in total. The molecule has 20 heavy (non-hydrogen) atoms. The Labute approximate surface area is 121 Å². The maximum atomic E-state index is 12.1. The van der Waals surface area contributed by atoms with Gasteiger partial charge in [0.15, 0.2) is 0 Å². The second-order valence-electron chi connectivity index (χ2n) is 6.38. The molecule has 2 rings (SSSR count). The Kier molecular flexibility index (Phi) is 4.33. The van der Waals surface area contributed by atoms with E-state index in [9.17, 15) is 4.79 Å². The first-order valence-corrected chi connectivity index (χ1v) is 7.13. The fourth-order valence-electron chi connectivity index (χ4n) is 2.43. The zero-order valence-corrected chi connectivity index (χ0v) is 12.8. The number of rotatable bonds is 2. The Morgan fingerprint density at radius 3 is 2.80 bits per heavy atom. The largest absolute Gasteiger partial charge is 0.459 e. The van der Waals surface area contributed by atoms with Crippen LogP contribution >= 0.6 is 0 Å². The average molecular weight is 276 g/mol. The third-order valence-corrected chi connectivity index (χ3v) is 3.21. The molecule has 0 aromatic heterocycles. The summed E-state index contributed by atoms with van der Waals surface area (Å²) in [6.07, 6.45) is 0. The van der Waals surface area contributed by atoms with Crippen LogP contribution in [0.5, 0.6) is 0 Å². The van der Waals surface area contributed by atoms with Crippen molar-refractivity contribution in [2.75, 3.05) is 18.0 Å². The molecule has 1 aliphatic rings. The Bertz CT molecular complexity index is 480. The van der Waals surface area contributed by atoms with Gasteiger partial charge in [-0.2, -0.15) is 0 Å². The molecule has 110 valence electrons. The van der Waals surface area contributed by atoms with Crippen LogP contribution in [0.25, 0.3) is 0 Å². The fraction of sp³-hybridized carbons (Fsp3) is 0.562. The second-order valence-corrected chi connectivity index (χ2v) is 6.38. The molecule has 0 saturated carbocycles. The van der Waals surface area contributed by atoms with Crippen LogP contribution in [0.2, 0.25) is 0 Å². The standard InChI is InChI=1S/C16H24N2O2/c1-12-10-18(11-15(19)20-16(2,3)4)14-8-6-5-7-13(14)9-17-12/h5-8,12,17H,9-11H2,1-4H3. The lowest BCUT2D eigenvalue weighted by Gasteiger charge is -2.27. The van der Waals surface area contributed by atoms with Crippen molar-refractivity contribution < 1.29 is 9.53 Å². The van der Waals surface area contributed by atoms with Crippen LogP contribution in [0.4, 0.5) is 5.69 Å². The summed E-state index contributed by atoms with van der Waals surface area (Å²) in [7, 11) is 0. The number of anilines is 1. The van der Waals surface area contributed by atoms with Gasteiger partial charge in [0.05, 0.1) is 0 Å². The van der Waals surface area contributed by atoms with E-state index in [4.69, 9.17) is 4.74 Å². The van der Waals surface area contributed by atoms with Crippen LogP contribution in [-0.2, 0) is 16.1 Å². The van der Waals surface area contributed by atoms with Crippen molar-refractivity contribution in [3.8, 4) is 0 Å². The molecule has 1 unspecified atom stereocenters. The quantitative estimate of drug-likeness (QED) is 0.842. The Hall–Kier alpha value is -1.55. The topological polar surface area (TPSA) is 41.6 Å². The van der Waals surface area contributed by atoms with Gasteiger partial charge in [-0.05, 0) is 39.3 Å². The molecular weight excluding hydrogens is 252 g/mol. The molecule has 0 fully saturated rings. The minimum absolute atomic E-state index is 0.179. The van der Waals surface area contributed by atoms with E-state index in [0.717, 1.165) is 18.8 Å². The van der Waals surface area contributed by atoms with Crippen molar-refractivity contribution in [1.29, 1.82) is 0 Å². The molecule has 1 aromatic carbocycles. The lowest BCUT2D eigenvalue weighted by molar-refractivity contribution is -0.153. The molecule has 1 aliphatic heterocycles. The van der Waals surface area contributed by atoms with E-state index in [2.05, 4.69) is 29.3 Å². The van der Waals surface area contributed by atoms with Crippen molar-refractivity contribution in [3.05, 3.63) is 29.8 Å². The van der Waals surface area contributed by atoms with Crippen molar-refractivity contribution in [3.63, 3.8) is 0 Å². The number of carbonyl (C=O) groups is 1. The third kappa shape index (κ3) is 3.97. The van der Waals surface area contributed by atoms with Crippen LogP contribution in [-0.4, -0.2) is 30.7 Å². The van der Waals surface area contributed by atoms with Crippen LogP contribution < -0.4 is 10.2 Å². The highest BCUT2D eigenvalue weighted by Gasteiger charge is 2.23. The van der Waals surface area contributed by atoms with Crippen LogP contribution in [0.15, 0.2) is 24.3 Å². The molecule has 0 radical (unpaired) electrons. The van der Waals surface area contributed by atoms with E-state index in [0.29, 0.717) is 12.6 Å². The van der Waals surface area contributed by atoms with Gasteiger partial charge in [0.2, 0.25) is 0 Å². The van der Waals surface area contributed by atoms with Crippen LogP contribution in [0, 0.1) is 0 Å². The summed E-state index contributed by atoms with van der Waals surface area (Å²) in [5.41, 5.74) is 1.90. The zero-order valence-electron chi connectivity index (χ0n) is 12.8. The van der Waals surface area contributed by atoms with Gasteiger partial charge in [-0.3, -0.25) is 4.79 Å². The third-order valence-electron chi connectivity index (χ3n) is 3.21. The first kappa shape index (κ1) is 14.9. The van der Waals surface area contributed by atoms with E-state index >= 15 is 0 Å². The summed E-state index contributed by atoms with van der Waals surface area (Å²) in [4.78, 5) is 14.2. The van der Waals surface area contributed by atoms with E-state index in [1.165, 1.54) is 5.56 Å². The summed E-state index contributed by atoms with van der Waals surface area (Å²) in [6.45, 7) is 9.75. The highest BCUT2D eigenvalue weighted by Crippen LogP contribution is 2.23. The predicted molar refractivity (Wildman–Crippen MR) is 80.8 cm³/mol. The first-order chi connectivity index (χ1) is 9.35. The highest BCUT2D eigenvalue weighted by atomic mass is 16.6. The fourth-order valence-corrected chi connectivity index (χ4v) is 2.43. The number of nitrogens with one attached hydrogen (secondary N) is 1.